The van der Waals surface area contributed by atoms with Gasteiger partial charge in [-0.2, -0.15) is 13.2 Å². The topological polar surface area (TPSA) is 0 Å². The Morgan fingerprint density at radius 1 is 0.812 bits per heavy atom. The lowest BCUT2D eigenvalue weighted by molar-refractivity contribution is -0.0323. The maximum atomic E-state index is 10.7. The standard InChI is InChI=1S/C10H8.C2H3F3S/c1-2-6-10-8-4-3-7-9(10)5-1;1-6-2(3,4)5/h1-8H;1H3. The Labute approximate surface area is 96.5 Å². The van der Waals surface area contributed by atoms with Crippen molar-refractivity contribution in [1.82, 2.24) is 0 Å². The summed E-state index contributed by atoms with van der Waals surface area (Å²) >= 11 is -0.118. The zero-order valence-electron chi connectivity index (χ0n) is 8.66. The first-order valence-corrected chi connectivity index (χ1v) is 5.81. The second kappa shape index (κ2) is 5.80. The van der Waals surface area contributed by atoms with Crippen LogP contribution in [0, 0.1) is 0 Å². The molecule has 4 heteroatoms. The summed E-state index contributed by atoms with van der Waals surface area (Å²) in [4.78, 5) is 0. The fourth-order valence-corrected chi connectivity index (χ4v) is 1.13. The first kappa shape index (κ1) is 12.9. The van der Waals surface area contributed by atoms with Gasteiger partial charge in [0.15, 0.2) is 0 Å². The minimum absolute atomic E-state index is 0.118. The van der Waals surface area contributed by atoms with Gasteiger partial charge in [0.2, 0.25) is 0 Å². The van der Waals surface area contributed by atoms with Crippen LogP contribution in [0.2, 0.25) is 0 Å². The number of hydrogen-bond donors (Lipinski definition) is 0. The van der Waals surface area contributed by atoms with Crippen molar-refractivity contribution in [2.75, 3.05) is 6.26 Å². The fourth-order valence-electron chi connectivity index (χ4n) is 1.13. The summed E-state index contributed by atoms with van der Waals surface area (Å²) in [5, 5.41) is 2.62. The molecule has 0 spiro atoms. The number of halogens is 3. The predicted molar refractivity (Wildman–Crippen MR) is 63.5 cm³/mol. The van der Waals surface area contributed by atoms with Crippen molar-refractivity contribution < 1.29 is 13.2 Å². The van der Waals surface area contributed by atoms with Crippen LogP contribution >= 0.6 is 11.8 Å². The molecule has 86 valence electrons. The SMILES string of the molecule is CSC(F)(F)F.c1ccc2ccccc2c1. The van der Waals surface area contributed by atoms with Crippen molar-refractivity contribution in [3.8, 4) is 0 Å². The molecule has 0 heterocycles. The fraction of sp³-hybridized carbons (Fsp3) is 0.167. The van der Waals surface area contributed by atoms with Crippen molar-refractivity contribution in [2.24, 2.45) is 0 Å². The Morgan fingerprint density at radius 2 is 1.06 bits per heavy atom. The molecule has 0 atom stereocenters. The Kier molecular flexibility index (Phi) is 4.68. The van der Waals surface area contributed by atoms with Crippen LogP contribution in [-0.4, -0.2) is 11.8 Å². The van der Waals surface area contributed by atoms with E-state index in [2.05, 4.69) is 48.5 Å². The highest BCUT2D eigenvalue weighted by atomic mass is 32.2. The lowest BCUT2D eigenvalue weighted by Crippen LogP contribution is -1.96. The Hall–Kier alpha value is -1.16. The van der Waals surface area contributed by atoms with Gasteiger partial charge in [0.25, 0.3) is 0 Å². The van der Waals surface area contributed by atoms with E-state index in [1.807, 2.05) is 0 Å². The molecular formula is C12H11F3S. The molecule has 0 aliphatic rings. The van der Waals surface area contributed by atoms with Crippen LogP contribution in [0.25, 0.3) is 10.8 Å². The summed E-state index contributed by atoms with van der Waals surface area (Å²) in [6.45, 7) is 0. The van der Waals surface area contributed by atoms with Gasteiger partial charge < -0.3 is 0 Å². The van der Waals surface area contributed by atoms with Gasteiger partial charge in [-0.3, -0.25) is 0 Å². The average Bonchev–Trinajstić information content (AvgIpc) is 2.29. The molecule has 0 bridgehead atoms. The first-order valence-electron chi connectivity index (χ1n) is 4.58. The zero-order chi connectivity index (χ0) is 12.0. The minimum atomic E-state index is -4.04. The summed E-state index contributed by atoms with van der Waals surface area (Å²) in [6, 6.07) is 16.7. The number of thioether (sulfide) groups is 1. The average molecular weight is 244 g/mol. The number of fused-ring (bicyclic) bond motifs is 1. The molecule has 0 N–H and O–H groups in total. The third-order valence-electron chi connectivity index (χ3n) is 1.89. The van der Waals surface area contributed by atoms with Crippen LogP contribution in [0.3, 0.4) is 0 Å². The molecule has 0 aliphatic heterocycles. The lowest BCUT2D eigenvalue weighted by Gasteiger charge is -1.95. The van der Waals surface area contributed by atoms with Gasteiger partial charge in [-0.05, 0) is 17.0 Å². The Balaban J connectivity index is 0.000000187. The van der Waals surface area contributed by atoms with Crippen LogP contribution in [0.15, 0.2) is 48.5 Å². The van der Waals surface area contributed by atoms with E-state index in [0.717, 1.165) is 6.26 Å². The molecule has 2 aromatic carbocycles. The van der Waals surface area contributed by atoms with Crippen molar-refractivity contribution in [2.45, 2.75) is 5.51 Å². The molecule has 0 unspecified atom stereocenters. The van der Waals surface area contributed by atoms with Gasteiger partial charge in [0.1, 0.15) is 0 Å². The molecule has 0 amide bonds. The smallest absolute Gasteiger partial charge is 0.160 e. The van der Waals surface area contributed by atoms with Crippen molar-refractivity contribution in [1.29, 1.82) is 0 Å². The van der Waals surface area contributed by atoms with Crippen LogP contribution in [0.1, 0.15) is 0 Å². The van der Waals surface area contributed by atoms with Crippen LogP contribution in [0.4, 0.5) is 13.2 Å². The number of hydrogen-bond acceptors (Lipinski definition) is 1. The van der Waals surface area contributed by atoms with Crippen LogP contribution in [0.5, 0.6) is 0 Å². The molecule has 16 heavy (non-hydrogen) atoms. The largest absolute Gasteiger partial charge is 0.441 e. The number of benzene rings is 2. The van der Waals surface area contributed by atoms with E-state index in [9.17, 15) is 13.2 Å². The highest BCUT2D eigenvalue weighted by molar-refractivity contribution is 7.99. The van der Waals surface area contributed by atoms with E-state index in [-0.39, 0.29) is 11.8 Å². The molecule has 0 saturated carbocycles. The molecular weight excluding hydrogens is 233 g/mol. The van der Waals surface area contributed by atoms with Crippen molar-refractivity contribution in [3.05, 3.63) is 48.5 Å². The summed E-state index contributed by atoms with van der Waals surface area (Å²) in [7, 11) is 0. The first-order chi connectivity index (χ1) is 7.53. The van der Waals surface area contributed by atoms with E-state index in [1.54, 1.807) is 0 Å². The second-order valence-electron chi connectivity index (χ2n) is 3.00. The Morgan fingerprint density at radius 3 is 1.25 bits per heavy atom. The summed E-state index contributed by atoms with van der Waals surface area (Å²) in [5.74, 6) is 0. The van der Waals surface area contributed by atoms with Gasteiger partial charge in [0, 0.05) is 0 Å². The molecule has 2 rings (SSSR count). The minimum Gasteiger partial charge on any atom is -0.160 e. The van der Waals surface area contributed by atoms with Gasteiger partial charge in [-0.25, -0.2) is 0 Å². The molecule has 0 aliphatic carbocycles. The maximum absolute atomic E-state index is 10.7. The lowest BCUT2D eigenvalue weighted by atomic mass is 10.1. The second-order valence-corrected chi connectivity index (χ2v) is 3.87. The third-order valence-corrected chi connectivity index (χ3v) is 2.35. The van der Waals surface area contributed by atoms with E-state index in [1.165, 1.54) is 10.8 Å². The highest BCUT2D eigenvalue weighted by Gasteiger charge is 2.24. The number of rotatable bonds is 0. The van der Waals surface area contributed by atoms with Crippen molar-refractivity contribution in [3.63, 3.8) is 0 Å². The summed E-state index contributed by atoms with van der Waals surface area (Å²) in [6.07, 6.45) is 1.00. The predicted octanol–water partition coefficient (Wildman–Crippen LogP) is 4.71. The van der Waals surface area contributed by atoms with Gasteiger partial charge in [0.05, 0.1) is 0 Å². The zero-order valence-corrected chi connectivity index (χ0v) is 9.48. The summed E-state index contributed by atoms with van der Waals surface area (Å²) < 4.78 is 32.2. The Bertz CT molecular complexity index is 372. The molecule has 0 nitrogen and oxygen atoms in total. The van der Waals surface area contributed by atoms with Gasteiger partial charge in [-0.15, -0.1) is 0 Å². The van der Waals surface area contributed by atoms with Crippen molar-refractivity contribution >= 4 is 22.5 Å². The maximum Gasteiger partial charge on any atom is 0.441 e. The molecule has 0 fully saturated rings. The van der Waals surface area contributed by atoms with Gasteiger partial charge in [-0.1, -0.05) is 60.3 Å². The molecule has 2 aromatic rings. The quantitative estimate of drug-likeness (QED) is 0.646. The monoisotopic (exact) mass is 244 g/mol. The van der Waals surface area contributed by atoms with E-state index in [0.29, 0.717) is 0 Å². The number of alkyl halides is 3. The highest BCUT2D eigenvalue weighted by Crippen LogP contribution is 2.26. The van der Waals surface area contributed by atoms with E-state index in [4.69, 9.17) is 0 Å². The van der Waals surface area contributed by atoms with E-state index < -0.39 is 5.51 Å². The molecule has 0 radical (unpaired) electrons. The third kappa shape index (κ3) is 4.57. The normalized spacial score (nSPS) is 10.8. The molecule has 0 saturated heterocycles. The molecule has 0 aromatic heterocycles. The van der Waals surface area contributed by atoms with Gasteiger partial charge >= 0.3 is 5.51 Å². The summed E-state index contributed by atoms with van der Waals surface area (Å²) in [5.41, 5.74) is -4.04. The van der Waals surface area contributed by atoms with E-state index >= 15 is 0 Å². The van der Waals surface area contributed by atoms with Crippen LogP contribution < -0.4 is 0 Å². The van der Waals surface area contributed by atoms with Crippen LogP contribution in [-0.2, 0) is 0 Å².